The Morgan fingerprint density at radius 2 is 1.79 bits per heavy atom. The molecule has 180 valence electrons. The number of anilines is 1. The van der Waals surface area contributed by atoms with Crippen molar-refractivity contribution in [2.45, 2.75) is 43.6 Å². The fraction of sp³-hybridized carbons (Fsp3) is 0.542. The molecule has 0 radical (unpaired) electrons. The lowest BCUT2D eigenvalue weighted by molar-refractivity contribution is -0.137. The van der Waals surface area contributed by atoms with Crippen molar-refractivity contribution >= 4 is 5.82 Å². The summed E-state index contributed by atoms with van der Waals surface area (Å²) in [7, 11) is 2.03. The number of pyridine rings is 1. The Morgan fingerprint density at radius 1 is 1.09 bits per heavy atom. The molecule has 3 heterocycles. The average Bonchev–Trinajstić information content (AvgIpc) is 3.21. The lowest BCUT2D eigenvalue weighted by atomic mass is 9.73. The molecule has 1 atom stereocenters. The highest BCUT2D eigenvalue weighted by atomic mass is 19.4. The van der Waals surface area contributed by atoms with Crippen molar-refractivity contribution in [3.05, 3.63) is 59.0 Å². The number of hydrogen-bond donors (Lipinski definition) is 0. The van der Waals surface area contributed by atoms with Crippen LogP contribution in [0.5, 0.6) is 0 Å². The van der Waals surface area contributed by atoms with E-state index in [2.05, 4.69) is 9.88 Å². The SMILES string of the molecule is CN1CCC(COCc2cc(C(F)(F)F)cc(N3CC[C@@H](F)C3)n2)(c2ccc(F)cc2)CC1. The average molecular weight is 469 g/mol. The molecule has 1 aromatic carbocycles. The van der Waals surface area contributed by atoms with E-state index in [0.29, 0.717) is 6.54 Å². The summed E-state index contributed by atoms with van der Waals surface area (Å²) in [5.74, 6) is -0.197. The second-order valence-corrected chi connectivity index (χ2v) is 9.12. The van der Waals surface area contributed by atoms with Gasteiger partial charge in [0.25, 0.3) is 0 Å². The van der Waals surface area contributed by atoms with E-state index in [1.807, 2.05) is 7.05 Å². The highest BCUT2D eigenvalue weighted by Crippen LogP contribution is 2.37. The van der Waals surface area contributed by atoms with Gasteiger partial charge in [0.05, 0.1) is 31.0 Å². The van der Waals surface area contributed by atoms with Gasteiger partial charge in [0.15, 0.2) is 0 Å². The van der Waals surface area contributed by atoms with E-state index in [1.165, 1.54) is 12.1 Å². The first-order valence-corrected chi connectivity index (χ1v) is 11.1. The maximum atomic E-state index is 13.6. The Labute approximate surface area is 190 Å². The van der Waals surface area contributed by atoms with E-state index in [1.54, 1.807) is 17.0 Å². The number of piperidine rings is 1. The molecule has 0 spiro atoms. The van der Waals surface area contributed by atoms with Crippen LogP contribution in [0.3, 0.4) is 0 Å². The number of aromatic nitrogens is 1. The molecule has 9 heteroatoms. The normalized spacial score (nSPS) is 21.5. The first-order chi connectivity index (χ1) is 15.6. The van der Waals surface area contributed by atoms with Crippen molar-refractivity contribution in [2.75, 3.05) is 44.7 Å². The molecule has 0 bridgehead atoms. The van der Waals surface area contributed by atoms with Crippen LogP contribution in [0.1, 0.15) is 36.1 Å². The molecule has 2 aliphatic heterocycles. The smallest absolute Gasteiger partial charge is 0.374 e. The summed E-state index contributed by atoms with van der Waals surface area (Å²) < 4.78 is 73.5. The van der Waals surface area contributed by atoms with Crippen molar-refractivity contribution < 1.29 is 26.7 Å². The van der Waals surface area contributed by atoms with Gasteiger partial charge in [-0.1, -0.05) is 12.1 Å². The summed E-state index contributed by atoms with van der Waals surface area (Å²) in [6.07, 6.45) is -3.74. The van der Waals surface area contributed by atoms with Gasteiger partial charge in [-0.25, -0.2) is 13.8 Å². The summed E-state index contributed by atoms with van der Waals surface area (Å²) in [6.45, 7) is 2.24. The molecule has 2 saturated heterocycles. The Hall–Kier alpha value is -2.26. The van der Waals surface area contributed by atoms with Crippen molar-refractivity contribution in [2.24, 2.45) is 0 Å². The second-order valence-electron chi connectivity index (χ2n) is 9.12. The minimum Gasteiger partial charge on any atom is -0.374 e. The predicted molar refractivity (Wildman–Crippen MR) is 115 cm³/mol. The van der Waals surface area contributed by atoms with Gasteiger partial charge < -0.3 is 14.5 Å². The summed E-state index contributed by atoms with van der Waals surface area (Å²) in [5, 5.41) is 0. The lowest BCUT2D eigenvalue weighted by Gasteiger charge is -2.41. The zero-order valence-electron chi connectivity index (χ0n) is 18.5. The molecule has 4 nitrogen and oxygen atoms in total. The third-order valence-electron chi connectivity index (χ3n) is 6.68. The molecular formula is C24H28F5N3O. The van der Waals surface area contributed by atoms with Crippen LogP contribution >= 0.6 is 0 Å². The molecule has 2 aliphatic rings. The fourth-order valence-electron chi connectivity index (χ4n) is 4.61. The van der Waals surface area contributed by atoms with Gasteiger partial charge in [-0.05, 0) is 69.2 Å². The van der Waals surface area contributed by atoms with E-state index < -0.39 is 17.9 Å². The highest BCUT2D eigenvalue weighted by molar-refractivity contribution is 5.45. The zero-order chi connectivity index (χ0) is 23.6. The molecule has 0 N–H and O–H groups in total. The van der Waals surface area contributed by atoms with Gasteiger partial charge in [-0.2, -0.15) is 13.2 Å². The predicted octanol–water partition coefficient (Wildman–Crippen LogP) is 4.97. The number of alkyl halides is 4. The minimum atomic E-state index is -4.54. The molecule has 4 rings (SSSR count). The van der Waals surface area contributed by atoms with E-state index in [9.17, 15) is 22.0 Å². The largest absolute Gasteiger partial charge is 0.416 e. The maximum Gasteiger partial charge on any atom is 0.416 e. The van der Waals surface area contributed by atoms with Crippen LogP contribution in [-0.4, -0.2) is 55.9 Å². The Morgan fingerprint density at radius 3 is 2.39 bits per heavy atom. The monoisotopic (exact) mass is 469 g/mol. The Balaban J connectivity index is 1.52. The molecule has 0 aliphatic carbocycles. The summed E-state index contributed by atoms with van der Waals surface area (Å²) in [5.41, 5.74) is -0.0489. The molecular weight excluding hydrogens is 441 g/mol. The maximum absolute atomic E-state index is 13.6. The van der Waals surface area contributed by atoms with Gasteiger partial charge >= 0.3 is 6.18 Å². The number of hydrogen-bond acceptors (Lipinski definition) is 4. The van der Waals surface area contributed by atoms with Crippen molar-refractivity contribution in [1.29, 1.82) is 0 Å². The number of likely N-dealkylation sites (tertiary alicyclic amines) is 1. The molecule has 2 aromatic rings. The first kappa shape index (κ1) is 23.9. The van der Waals surface area contributed by atoms with Gasteiger partial charge in [0.1, 0.15) is 17.8 Å². The number of ether oxygens (including phenoxy) is 1. The van der Waals surface area contributed by atoms with Gasteiger partial charge in [0, 0.05) is 12.0 Å². The summed E-state index contributed by atoms with van der Waals surface area (Å²) >= 11 is 0. The number of benzene rings is 1. The zero-order valence-corrected chi connectivity index (χ0v) is 18.5. The van der Waals surface area contributed by atoms with Gasteiger partial charge in [-0.3, -0.25) is 0 Å². The minimum absolute atomic E-state index is 0.0375. The van der Waals surface area contributed by atoms with Crippen LogP contribution in [0.2, 0.25) is 0 Å². The lowest BCUT2D eigenvalue weighted by Crippen LogP contribution is -2.43. The summed E-state index contributed by atoms with van der Waals surface area (Å²) in [4.78, 5) is 8.09. The van der Waals surface area contributed by atoms with Gasteiger partial charge in [0.2, 0.25) is 0 Å². The van der Waals surface area contributed by atoms with Crippen LogP contribution in [0.25, 0.3) is 0 Å². The Bertz CT molecular complexity index is 942. The number of nitrogens with zero attached hydrogens (tertiary/aromatic N) is 3. The number of rotatable bonds is 6. The summed E-state index contributed by atoms with van der Waals surface area (Å²) in [6, 6.07) is 8.31. The second kappa shape index (κ2) is 9.54. The van der Waals surface area contributed by atoms with E-state index in [0.717, 1.165) is 43.6 Å². The van der Waals surface area contributed by atoms with Crippen LogP contribution in [0.4, 0.5) is 27.8 Å². The van der Waals surface area contributed by atoms with Crippen LogP contribution in [0.15, 0.2) is 36.4 Å². The number of halogens is 5. The molecule has 0 amide bonds. The van der Waals surface area contributed by atoms with Crippen LogP contribution in [0, 0.1) is 5.82 Å². The standard InChI is InChI=1S/C24H28F5N3O/c1-31-10-7-23(8-11-31,17-2-4-19(25)5-3-17)16-33-15-21-12-18(24(27,28)29)13-22(30-21)32-9-6-20(26)14-32/h2-5,12-13,20H,6-11,14-16H2,1H3/t20-/m1/s1. The topological polar surface area (TPSA) is 28.6 Å². The molecule has 33 heavy (non-hydrogen) atoms. The fourth-order valence-corrected chi connectivity index (χ4v) is 4.61. The molecule has 2 fully saturated rings. The molecule has 0 unspecified atom stereocenters. The molecule has 1 aromatic heterocycles. The van der Waals surface area contributed by atoms with Crippen LogP contribution in [-0.2, 0) is 22.9 Å². The quantitative estimate of drug-likeness (QED) is 0.559. The van der Waals surface area contributed by atoms with E-state index >= 15 is 0 Å². The van der Waals surface area contributed by atoms with Crippen molar-refractivity contribution in [3.63, 3.8) is 0 Å². The highest BCUT2D eigenvalue weighted by Gasteiger charge is 2.36. The Kier molecular flexibility index (Phi) is 6.91. The van der Waals surface area contributed by atoms with Gasteiger partial charge in [-0.15, -0.1) is 0 Å². The van der Waals surface area contributed by atoms with Crippen molar-refractivity contribution in [3.8, 4) is 0 Å². The third kappa shape index (κ3) is 5.63. The van der Waals surface area contributed by atoms with E-state index in [4.69, 9.17) is 4.74 Å². The van der Waals surface area contributed by atoms with Crippen molar-refractivity contribution in [1.82, 2.24) is 9.88 Å². The third-order valence-corrected chi connectivity index (χ3v) is 6.68. The molecule has 0 saturated carbocycles. The first-order valence-electron chi connectivity index (χ1n) is 11.1. The van der Waals surface area contributed by atoms with E-state index in [-0.39, 0.29) is 48.9 Å². The van der Waals surface area contributed by atoms with Crippen LogP contribution < -0.4 is 4.90 Å².